The van der Waals surface area contributed by atoms with Gasteiger partial charge >= 0.3 is 0 Å². The molecule has 104 valence electrons. The summed E-state index contributed by atoms with van der Waals surface area (Å²) in [6, 6.07) is 10.1. The molecule has 5 nitrogen and oxygen atoms in total. The Morgan fingerprint density at radius 3 is 2.65 bits per heavy atom. The average Bonchev–Trinajstić information content (AvgIpc) is 3.00. The zero-order chi connectivity index (χ0) is 14.5. The first-order chi connectivity index (χ1) is 9.61. The van der Waals surface area contributed by atoms with Crippen molar-refractivity contribution < 1.29 is 14.8 Å². The summed E-state index contributed by atoms with van der Waals surface area (Å²) in [5.41, 5.74) is 2.71. The topological polar surface area (TPSA) is 78.4 Å². The minimum absolute atomic E-state index is 0.149. The highest BCUT2D eigenvalue weighted by molar-refractivity contribution is 7.12. The van der Waals surface area contributed by atoms with E-state index in [1.165, 1.54) is 11.3 Å². The summed E-state index contributed by atoms with van der Waals surface area (Å²) in [5, 5.41) is 13.3. The first-order valence-corrected chi connectivity index (χ1v) is 6.88. The maximum atomic E-state index is 11.9. The number of nitrogens with one attached hydrogen (secondary N) is 2. The van der Waals surface area contributed by atoms with E-state index in [4.69, 9.17) is 5.21 Å². The Bertz CT molecular complexity index is 611. The standard InChI is InChI=1S/C14H14N2O3S/c1-9(15-14(18)12-6-3-7-20-12)10-4-2-5-11(8-10)13(17)16-19/h2-9,19H,1H3,(H,15,18)(H,16,17). The van der Waals surface area contributed by atoms with Crippen molar-refractivity contribution in [2.24, 2.45) is 0 Å². The van der Waals surface area contributed by atoms with Crippen LogP contribution in [0.5, 0.6) is 0 Å². The third kappa shape index (κ3) is 3.23. The Kier molecular flexibility index (Phi) is 4.49. The number of thiophene rings is 1. The van der Waals surface area contributed by atoms with Gasteiger partial charge in [-0.05, 0) is 36.1 Å². The van der Waals surface area contributed by atoms with Crippen LogP contribution in [0.25, 0.3) is 0 Å². The van der Waals surface area contributed by atoms with Gasteiger partial charge in [-0.15, -0.1) is 11.3 Å². The Morgan fingerprint density at radius 1 is 1.20 bits per heavy atom. The zero-order valence-corrected chi connectivity index (χ0v) is 11.6. The van der Waals surface area contributed by atoms with Gasteiger partial charge in [0.25, 0.3) is 11.8 Å². The van der Waals surface area contributed by atoms with Gasteiger partial charge in [-0.2, -0.15) is 0 Å². The summed E-state index contributed by atoms with van der Waals surface area (Å²) >= 11 is 1.37. The molecule has 20 heavy (non-hydrogen) atoms. The van der Waals surface area contributed by atoms with Gasteiger partial charge in [0.2, 0.25) is 0 Å². The van der Waals surface area contributed by atoms with Gasteiger partial charge in [0.15, 0.2) is 0 Å². The van der Waals surface area contributed by atoms with Gasteiger partial charge in [0, 0.05) is 5.56 Å². The Balaban J connectivity index is 2.11. The van der Waals surface area contributed by atoms with E-state index >= 15 is 0 Å². The fraction of sp³-hybridized carbons (Fsp3) is 0.143. The lowest BCUT2D eigenvalue weighted by Gasteiger charge is -2.14. The van der Waals surface area contributed by atoms with Crippen LogP contribution in [-0.4, -0.2) is 17.0 Å². The quantitative estimate of drug-likeness (QED) is 0.597. The summed E-state index contributed by atoms with van der Waals surface area (Å²) in [7, 11) is 0. The molecule has 0 aliphatic carbocycles. The van der Waals surface area contributed by atoms with Crippen molar-refractivity contribution in [3.63, 3.8) is 0 Å². The molecule has 0 spiro atoms. The van der Waals surface area contributed by atoms with Crippen LogP contribution >= 0.6 is 11.3 Å². The zero-order valence-electron chi connectivity index (χ0n) is 10.8. The molecule has 0 bridgehead atoms. The van der Waals surface area contributed by atoms with E-state index in [9.17, 15) is 9.59 Å². The van der Waals surface area contributed by atoms with Crippen LogP contribution < -0.4 is 10.8 Å². The highest BCUT2D eigenvalue weighted by atomic mass is 32.1. The number of carbonyl (C=O) groups excluding carboxylic acids is 2. The molecule has 0 saturated heterocycles. The molecule has 1 aromatic heterocycles. The second kappa shape index (κ2) is 6.31. The molecule has 1 unspecified atom stereocenters. The first-order valence-electron chi connectivity index (χ1n) is 6.00. The summed E-state index contributed by atoms with van der Waals surface area (Å²) in [4.78, 5) is 23.9. The predicted octanol–water partition coefficient (Wildman–Crippen LogP) is 2.36. The highest BCUT2D eigenvalue weighted by Gasteiger charge is 2.13. The Morgan fingerprint density at radius 2 is 2.00 bits per heavy atom. The van der Waals surface area contributed by atoms with Crippen LogP contribution in [0.15, 0.2) is 41.8 Å². The van der Waals surface area contributed by atoms with E-state index in [2.05, 4.69) is 5.32 Å². The summed E-state index contributed by atoms with van der Waals surface area (Å²) in [6.45, 7) is 1.83. The second-order valence-electron chi connectivity index (χ2n) is 4.24. The summed E-state index contributed by atoms with van der Waals surface area (Å²) < 4.78 is 0. The minimum Gasteiger partial charge on any atom is -0.345 e. The van der Waals surface area contributed by atoms with Crippen molar-refractivity contribution in [2.45, 2.75) is 13.0 Å². The van der Waals surface area contributed by atoms with Gasteiger partial charge in [0.05, 0.1) is 10.9 Å². The van der Waals surface area contributed by atoms with Crippen LogP contribution in [0, 0.1) is 0 Å². The molecule has 0 aliphatic rings. The molecule has 1 atom stereocenters. The number of carbonyl (C=O) groups is 2. The van der Waals surface area contributed by atoms with Gasteiger partial charge in [-0.25, -0.2) is 5.48 Å². The highest BCUT2D eigenvalue weighted by Crippen LogP contribution is 2.16. The fourth-order valence-electron chi connectivity index (χ4n) is 1.77. The molecule has 1 aromatic carbocycles. The van der Waals surface area contributed by atoms with E-state index in [1.807, 2.05) is 24.4 Å². The maximum Gasteiger partial charge on any atom is 0.274 e. The number of hydrogen-bond donors (Lipinski definition) is 3. The summed E-state index contributed by atoms with van der Waals surface area (Å²) in [6.07, 6.45) is 0. The Hall–Kier alpha value is -2.18. The molecule has 6 heteroatoms. The van der Waals surface area contributed by atoms with Crippen LogP contribution in [0.3, 0.4) is 0 Å². The number of benzene rings is 1. The Labute approximate surface area is 120 Å². The number of hydrogen-bond acceptors (Lipinski definition) is 4. The first kappa shape index (κ1) is 14.2. The molecular weight excluding hydrogens is 276 g/mol. The average molecular weight is 290 g/mol. The number of hydroxylamine groups is 1. The van der Waals surface area contributed by atoms with Crippen molar-refractivity contribution in [1.82, 2.24) is 10.8 Å². The van der Waals surface area contributed by atoms with E-state index in [-0.39, 0.29) is 11.9 Å². The maximum absolute atomic E-state index is 11.9. The molecule has 0 radical (unpaired) electrons. The molecule has 2 amide bonds. The van der Waals surface area contributed by atoms with Gasteiger partial charge < -0.3 is 5.32 Å². The molecule has 0 saturated carbocycles. The molecule has 3 N–H and O–H groups in total. The smallest absolute Gasteiger partial charge is 0.274 e. The van der Waals surface area contributed by atoms with Crippen LogP contribution in [0.2, 0.25) is 0 Å². The predicted molar refractivity (Wildman–Crippen MR) is 75.9 cm³/mol. The van der Waals surface area contributed by atoms with Crippen LogP contribution in [0.1, 0.15) is 38.6 Å². The third-order valence-corrected chi connectivity index (χ3v) is 3.71. The lowest BCUT2D eigenvalue weighted by Crippen LogP contribution is -2.26. The molecular formula is C14H14N2O3S. The summed E-state index contributed by atoms with van der Waals surface area (Å²) in [5.74, 6) is -0.729. The van der Waals surface area contributed by atoms with Crippen molar-refractivity contribution in [3.8, 4) is 0 Å². The SMILES string of the molecule is CC(NC(=O)c1cccs1)c1cccc(C(=O)NO)c1. The van der Waals surface area contributed by atoms with Gasteiger partial charge in [-0.3, -0.25) is 14.8 Å². The molecule has 1 heterocycles. The van der Waals surface area contributed by atoms with Crippen LogP contribution in [0.4, 0.5) is 0 Å². The fourth-order valence-corrected chi connectivity index (χ4v) is 2.40. The lowest BCUT2D eigenvalue weighted by atomic mass is 10.0. The van der Waals surface area contributed by atoms with E-state index in [0.717, 1.165) is 5.56 Å². The van der Waals surface area contributed by atoms with Gasteiger partial charge in [0.1, 0.15) is 0 Å². The van der Waals surface area contributed by atoms with Crippen molar-refractivity contribution in [1.29, 1.82) is 0 Å². The largest absolute Gasteiger partial charge is 0.345 e. The molecule has 0 aliphatic heterocycles. The molecule has 2 rings (SSSR count). The minimum atomic E-state index is -0.580. The van der Waals surface area contributed by atoms with E-state index in [1.54, 1.807) is 29.7 Å². The van der Waals surface area contributed by atoms with E-state index in [0.29, 0.717) is 10.4 Å². The lowest BCUT2D eigenvalue weighted by molar-refractivity contribution is 0.0706. The second-order valence-corrected chi connectivity index (χ2v) is 5.19. The molecule has 2 aromatic rings. The molecule has 0 fully saturated rings. The monoisotopic (exact) mass is 290 g/mol. The van der Waals surface area contributed by atoms with Crippen LogP contribution in [-0.2, 0) is 0 Å². The van der Waals surface area contributed by atoms with Crippen molar-refractivity contribution in [2.75, 3.05) is 0 Å². The van der Waals surface area contributed by atoms with Crippen molar-refractivity contribution in [3.05, 3.63) is 57.8 Å². The number of amides is 2. The van der Waals surface area contributed by atoms with Gasteiger partial charge in [-0.1, -0.05) is 18.2 Å². The third-order valence-electron chi connectivity index (χ3n) is 2.84. The number of rotatable bonds is 4. The van der Waals surface area contributed by atoms with E-state index < -0.39 is 5.91 Å². The normalized spacial score (nSPS) is 11.7. The van der Waals surface area contributed by atoms with Crippen molar-refractivity contribution >= 4 is 23.2 Å².